The Balaban J connectivity index is 2.18. The Morgan fingerprint density at radius 1 is 1.12 bits per heavy atom. The summed E-state index contributed by atoms with van der Waals surface area (Å²) in [7, 11) is 3.02. The lowest BCUT2D eigenvalue weighted by Gasteiger charge is -2.13. The SMILES string of the molecule is COc1cc(NC(=S)Nc2ccc(F)cc2[N+](=O)[O-])cc(OC)c1. The minimum absolute atomic E-state index is 0.0776. The Kier molecular flexibility index (Phi) is 5.48. The van der Waals surface area contributed by atoms with Crippen molar-refractivity contribution in [1.82, 2.24) is 0 Å². The summed E-state index contributed by atoms with van der Waals surface area (Å²) in [5, 5.41) is 16.6. The summed E-state index contributed by atoms with van der Waals surface area (Å²) < 4.78 is 23.4. The van der Waals surface area contributed by atoms with Crippen molar-refractivity contribution in [3.8, 4) is 11.5 Å². The highest BCUT2D eigenvalue weighted by atomic mass is 32.1. The van der Waals surface area contributed by atoms with E-state index in [4.69, 9.17) is 21.7 Å². The minimum atomic E-state index is -0.705. The minimum Gasteiger partial charge on any atom is -0.497 e. The van der Waals surface area contributed by atoms with Gasteiger partial charge < -0.3 is 20.1 Å². The van der Waals surface area contributed by atoms with E-state index in [9.17, 15) is 14.5 Å². The highest BCUT2D eigenvalue weighted by Gasteiger charge is 2.16. The number of anilines is 2. The maximum absolute atomic E-state index is 13.2. The zero-order valence-corrected chi connectivity index (χ0v) is 13.6. The third-order valence-corrected chi connectivity index (χ3v) is 3.22. The van der Waals surface area contributed by atoms with Crippen molar-refractivity contribution in [2.45, 2.75) is 0 Å². The lowest BCUT2D eigenvalue weighted by molar-refractivity contribution is -0.384. The molecule has 0 saturated heterocycles. The monoisotopic (exact) mass is 351 g/mol. The van der Waals surface area contributed by atoms with Crippen LogP contribution in [0.4, 0.5) is 21.5 Å². The van der Waals surface area contributed by atoms with Gasteiger partial charge in [-0.15, -0.1) is 0 Å². The van der Waals surface area contributed by atoms with Crippen LogP contribution < -0.4 is 20.1 Å². The number of ether oxygens (including phenoxy) is 2. The van der Waals surface area contributed by atoms with Gasteiger partial charge in [-0.1, -0.05) is 0 Å². The summed E-state index contributed by atoms with van der Waals surface area (Å²) in [6.07, 6.45) is 0. The summed E-state index contributed by atoms with van der Waals surface area (Å²) in [5.74, 6) is 0.392. The van der Waals surface area contributed by atoms with Gasteiger partial charge in [0.2, 0.25) is 0 Å². The summed E-state index contributed by atoms with van der Waals surface area (Å²) in [5.41, 5.74) is 0.226. The molecule has 0 atom stereocenters. The lowest BCUT2D eigenvalue weighted by atomic mass is 10.2. The molecular weight excluding hydrogens is 337 g/mol. The number of benzene rings is 2. The van der Waals surface area contributed by atoms with Gasteiger partial charge >= 0.3 is 0 Å². The maximum Gasteiger partial charge on any atom is 0.295 e. The summed E-state index contributed by atoms with van der Waals surface area (Å²) in [6, 6.07) is 8.21. The van der Waals surface area contributed by atoms with Gasteiger partial charge in [-0.25, -0.2) is 4.39 Å². The molecule has 2 N–H and O–H groups in total. The Morgan fingerprint density at radius 2 is 1.75 bits per heavy atom. The van der Waals surface area contributed by atoms with Crippen LogP contribution in [0.25, 0.3) is 0 Å². The van der Waals surface area contributed by atoms with Crippen LogP contribution >= 0.6 is 12.2 Å². The fraction of sp³-hybridized carbons (Fsp3) is 0.133. The van der Waals surface area contributed by atoms with Crippen molar-refractivity contribution < 1.29 is 18.8 Å². The van der Waals surface area contributed by atoms with Crippen molar-refractivity contribution in [2.24, 2.45) is 0 Å². The quantitative estimate of drug-likeness (QED) is 0.484. The number of halogens is 1. The summed E-state index contributed by atoms with van der Waals surface area (Å²) >= 11 is 5.14. The molecule has 0 saturated carbocycles. The molecule has 0 aliphatic rings. The molecule has 2 aromatic carbocycles. The van der Waals surface area contributed by atoms with Crippen molar-refractivity contribution in [1.29, 1.82) is 0 Å². The molecular formula is C15H14FN3O4S. The predicted molar refractivity (Wildman–Crippen MR) is 92.4 cm³/mol. The lowest BCUT2D eigenvalue weighted by Crippen LogP contribution is -2.19. The molecule has 2 rings (SSSR count). The molecule has 2 aromatic rings. The van der Waals surface area contributed by atoms with Gasteiger partial charge in [-0.05, 0) is 24.4 Å². The molecule has 0 fully saturated rings. The number of nitrogens with zero attached hydrogens (tertiary/aromatic N) is 1. The summed E-state index contributed by atoms with van der Waals surface area (Å²) in [4.78, 5) is 10.3. The van der Waals surface area contributed by atoms with E-state index in [1.165, 1.54) is 20.3 Å². The Bertz CT molecular complexity index is 763. The number of hydrogen-bond acceptors (Lipinski definition) is 5. The summed E-state index contributed by atoms with van der Waals surface area (Å²) in [6.45, 7) is 0. The van der Waals surface area contributed by atoms with Gasteiger partial charge in [-0.3, -0.25) is 10.1 Å². The molecule has 0 unspecified atom stereocenters. The second-order valence-electron chi connectivity index (χ2n) is 4.60. The van der Waals surface area contributed by atoms with Gasteiger partial charge in [-0.2, -0.15) is 0 Å². The number of rotatable bonds is 5. The van der Waals surface area contributed by atoms with E-state index in [1.807, 2.05) is 0 Å². The number of methoxy groups -OCH3 is 2. The first kappa shape index (κ1) is 17.4. The molecule has 0 radical (unpaired) electrons. The second kappa shape index (κ2) is 7.55. The predicted octanol–water partition coefficient (Wildman–Crippen LogP) is 3.56. The number of nitro groups is 1. The van der Waals surface area contributed by atoms with Gasteiger partial charge in [0.25, 0.3) is 5.69 Å². The third kappa shape index (κ3) is 4.29. The van der Waals surface area contributed by atoms with Crippen molar-refractivity contribution in [3.63, 3.8) is 0 Å². The van der Waals surface area contributed by atoms with E-state index in [0.717, 1.165) is 12.1 Å². The molecule has 126 valence electrons. The maximum atomic E-state index is 13.2. The third-order valence-electron chi connectivity index (χ3n) is 3.01. The fourth-order valence-electron chi connectivity index (χ4n) is 1.93. The van der Waals surface area contributed by atoms with Crippen molar-refractivity contribution in [2.75, 3.05) is 24.9 Å². The molecule has 0 amide bonds. The smallest absolute Gasteiger partial charge is 0.295 e. The van der Waals surface area contributed by atoms with E-state index < -0.39 is 16.4 Å². The number of thiocarbonyl (C=S) groups is 1. The van der Waals surface area contributed by atoms with Gasteiger partial charge in [0.1, 0.15) is 23.0 Å². The van der Waals surface area contributed by atoms with Crippen LogP contribution in [0, 0.1) is 15.9 Å². The molecule has 0 aliphatic heterocycles. The second-order valence-corrected chi connectivity index (χ2v) is 5.01. The largest absolute Gasteiger partial charge is 0.497 e. The normalized spacial score (nSPS) is 9.96. The molecule has 24 heavy (non-hydrogen) atoms. The number of hydrogen-bond donors (Lipinski definition) is 2. The topological polar surface area (TPSA) is 85.7 Å². The van der Waals surface area contributed by atoms with Crippen molar-refractivity contribution in [3.05, 3.63) is 52.3 Å². The highest BCUT2D eigenvalue weighted by molar-refractivity contribution is 7.80. The number of nitro benzene ring substituents is 1. The van der Waals surface area contributed by atoms with Crippen LogP contribution in [0.3, 0.4) is 0 Å². The van der Waals surface area contributed by atoms with Crippen LogP contribution in [0.2, 0.25) is 0 Å². The van der Waals surface area contributed by atoms with E-state index in [1.54, 1.807) is 18.2 Å². The first-order valence-corrected chi connectivity index (χ1v) is 7.08. The van der Waals surface area contributed by atoms with Gasteiger partial charge in [0, 0.05) is 23.9 Å². The van der Waals surface area contributed by atoms with Crippen LogP contribution in [-0.2, 0) is 0 Å². The highest BCUT2D eigenvalue weighted by Crippen LogP contribution is 2.27. The van der Waals surface area contributed by atoms with E-state index >= 15 is 0 Å². The van der Waals surface area contributed by atoms with Crippen LogP contribution in [0.1, 0.15) is 0 Å². The zero-order valence-electron chi connectivity index (χ0n) is 12.8. The van der Waals surface area contributed by atoms with Crippen molar-refractivity contribution >= 4 is 34.4 Å². The fourth-order valence-corrected chi connectivity index (χ4v) is 2.15. The van der Waals surface area contributed by atoms with Gasteiger partial charge in [0.05, 0.1) is 25.2 Å². The zero-order chi connectivity index (χ0) is 17.7. The van der Waals surface area contributed by atoms with E-state index in [0.29, 0.717) is 17.2 Å². The molecule has 0 aliphatic carbocycles. The average molecular weight is 351 g/mol. The molecule has 0 bridgehead atoms. The first-order valence-electron chi connectivity index (χ1n) is 6.68. The van der Waals surface area contributed by atoms with Crippen LogP contribution in [-0.4, -0.2) is 24.3 Å². The Hall–Kier alpha value is -2.94. The van der Waals surface area contributed by atoms with E-state index in [2.05, 4.69) is 10.6 Å². The number of nitrogens with one attached hydrogen (secondary N) is 2. The molecule has 9 heteroatoms. The molecule has 7 nitrogen and oxygen atoms in total. The molecule has 0 aromatic heterocycles. The van der Waals surface area contributed by atoms with E-state index in [-0.39, 0.29) is 10.8 Å². The van der Waals surface area contributed by atoms with Gasteiger partial charge in [0.15, 0.2) is 5.11 Å². The Morgan fingerprint density at radius 3 is 2.29 bits per heavy atom. The Labute approximate surface area is 142 Å². The molecule has 0 heterocycles. The standard InChI is InChI=1S/C15H14FN3O4S/c1-22-11-6-10(7-12(8-11)23-2)17-15(24)18-13-4-3-9(16)5-14(13)19(20)21/h3-8H,1-2H3,(H2,17,18,24). The van der Waals surface area contributed by atoms with Crippen LogP contribution in [0.5, 0.6) is 11.5 Å². The first-order chi connectivity index (χ1) is 11.4. The van der Waals surface area contributed by atoms with Crippen LogP contribution in [0.15, 0.2) is 36.4 Å². The average Bonchev–Trinajstić information content (AvgIpc) is 2.55. The molecule has 0 spiro atoms.